The first kappa shape index (κ1) is 14.6. The summed E-state index contributed by atoms with van der Waals surface area (Å²) in [5.74, 6) is -1.27. The zero-order valence-corrected chi connectivity index (χ0v) is 10.2. The molecule has 0 spiro atoms. The summed E-state index contributed by atoms with van der Waals surface area (Å²) < 4.78 is 0.340. The van der Waals surface area contributed by atoms with Gasteiger partial charge in [-0.05, 0) is 13.0 Å². The summed E-state index contributed by atoms with van der Waals surface area (Å²) >= 11 is 0. The van der Waals surface area contributed by atoms with E-state index in [1.165, 1.54) is 6.08 Å². The van der Waals surface area contributed by atoms with Gasteiger partial charge in [0.1, 0.15) is 6.04 Å². The SMILES string of the molecule is C=CC(=O)NCCC[N+](C)(C)C(C)C(=O)[O-]. The van der Waals surface area contributed by atoms with E-state index in [1.54, 1.807) is 6.92 Å². The maximum absolute atomic E-state index is 10.8. The molecule has 0 saturated heterocycles. The van der Waals surface area contributed by atoms with Crippen molar-refractivity contribution in [2.24, 2.45) is 0 Å². The highest BCUT2D eigenvalue weighted by Crippen LogP contribution is 2.06. The highest BCUT2D eigenvalue weighted by molar-refractivity contribution is 5.86. The molecule has 5 heteroatoms. The first-order chi connectivity index (χ1) is 7.31. The van der Waals surface area contributed by atoms with Gasteiger partial charge in [0.2, 0.25) is 5.91 Å². The van der Waals surface area contributed by atoms with E-state index in [0.29, 0.717) is 24.0 Å². The smallest absolute Gasteiger partial charge is 0.243 e. The first-order valence-corrected chi connectivity index (χ1v) is 5.25. The second-order valence-electron chi connectivity index (χ2n) is 4.35. The number of likely N-dealkylation sites (N-methyl/N-ethyl adjacent to an activating group) is 1. The topological polar surface area (TPSA) is 69.2 Å². The van der Waals surface area contributed by atoms with Gasteiger partial charge in [0.05, 0.1) is 26.6 Å². The number of hydrogen-bond acceptors (Lipinski definition) is 3. The molecule has 1 unspecified atom stereocenters. The number of aliphatic carboxylic acids is 1. The number of amides is 1. The van der Waals surface area contributed by atoms with Crippen molar-refractivity contribution in [3.63, 3.8) is 0 Å². The molecule has 16 heavy (non-hydrogen) atoms. The highest BCUT2D eigenvalue weighted by atomic mass is 16.4. The third kappa shape index (κ3) is 4.93. The van der Waals surface area contributed by atoms with Crippen LogP contribution in [0.25, 0.3) is 0 Å². The van der Waals surface area contributed by atoms with Crippen molar-refractivity contribution in [2.75, 3.05) is 27.2 Å². The Balaban J connectivity index is 3.95. The van der Waals surface area contributed by atoms with Gasteiger partial charge in [0.25, 0.3) is 0 Å². The molecule has 0 aromatic carbocycles. The number of rotatable bonds is 7. The van der Waals surface area contributed by atoms with Gasteiger partial charge in [-0.2, -0.15) is 0 Å². The summed E-state index contributed by atoms with van der Waals surface area (Å²) in [4.78, 5) is 21.6. The largest absolute Gasteiger partial charge is 0.544 e. The van der Waals surface area contributed by atoms with Crippen molar-refractivity contribution in [3.05, 3.63) is 12.7 Å². The Hall–Kier alpha value is -1.36. The van der Waals surface area contributed by atoms with Crippen LogP contribution in [0.3, 0.4) is 0 Å². The molecule has 0 bridgehead atoms. The first-order valence-electron chi connectivity index (χ1n) is 5.25. The number of nitrogens with one attached hydrogen (secondary N) is 1. The fourth-order valence-corrected chi connectivity index (χ4v) is 1.25. The molecule has 0 aliphatic heterocycles. The Kier molecular flexibility index (Phi) is 5.74. The number of quaternary nitrogens is 1. The van der Waals surface area contributed by atoms with Crippen LogP contribution >= 0.6 is 0 Å². The second kappa shape index (κ2) is 6.27. The van der Waals surface area contributed by atoms with E-state index >= 15 is 0 Å². The van der Waals surface area contributed by atoms with Gasteiger partial charge in [-0.15, -0.1) is 0 Å². The zero-order chi connectivity index (χ0) is 12.8. The molecule has 0 aliphatic carbocycles. The van der Waals surface area contributed by atoms with Crippen molar-refractivity contribution < 1.29 is 19.2 Å². The molecule has 5 nitrogen and oxygen atoms in total. The monoisotopic (exact) mass is 228 g/mol. The predicted octanol–water partition coefficient (Wildman–Crippen LogP) is -1.11. The second-order valence-corrected chi connectivity index (χ2v) is 4.35. The molecule has 1 atom stereocenters. The molecule has 92 valence electrons. The van der Waals surface area contributed by atoms with E-state index in [4.69, 9.17) is 0 Å². The summed E-state index contributed by atoms with van der Waals surface area (Å²) in [5, 5.41) is 13.4. The van der Waals surface area contributed by atoms with Crippen molar-refractivity contribution in [2.45, 2.75) is 19.4 Å². The van der Waals surface area contributed by atoms with Crippen LogP contribution < -0.4 is 10.4 Å². The Morgan fingerprint density at radius 2 is 2.06 bits per heavy atom. The maximum Gasteiger partial charge on any atom is 0.243 e. The summed E-state index contributed by atoms with van der Waals surface area (Å²) in [7, 11) is 3.66. The lowest BCUT2D eigenvalue weighted by Crippen LogP contribution is -2.56. The molecule has 1 N–H and O–H groups in total. The number of carboxylic acids is 1. The minimum atomic E-state index is -1.06. The van der Waals surface area contributed by atoms with Crippen molar-refractivity contribution in [3.8, 4) is 0 Å². The Morgan fingerprint density at radius 1 is 1.50 bits per heavy atom. The van der Waals surface area contributed by atoms with E-state index < -0.39 is 12.0 Å². The summed E-state index contributed by atoms with van der Waals surface area (Å²) in [6, 6.07) is -0.560. The van der Waals surface area contributed by atoms with Crippen LogP contribution in [0.2, 0.25) is 0 Å². The molecular weight excluding hydrogens is 208 g/mol. The average molecular weight is 228 g/mol. The van der Waals surface area contributed by atoms with Crippen LogP contribution in [0.1, 0.15) is 13.3 Å². The quantitative estimate of drug-likeness (QED) is 0.341. The van der Waals surface area contributed by atoms with E-state index in [2.05, 4.69) is 11.9 Å². The molecule has 0 saturated carbocycles. The van der Waals surface area contributed by atoms with Gasteiger partial charge in [-0.25, -0.2) is 0 Å². The van der Waals surface area contributed by atoms with Gasteiger partial charge in [-0.3, -0.25) is 4.79 Å². The van der Waals surface area contributed by atoms with Crippen LogP contribution in [-0.2, 0) is 9.59 Å². The van der Waals surface area contributed by atoms with Crippen LogP contribution in [-0.4, -0.2) is 49.6 Å². The lowest BCUT2D eigenvalue weighted by Gasteiger charge is -2.36. The van der Waals surface area contributed by atoms with Crippen LogP contribution in [0.15, 0.2) is 12.7 Å². The van der Waals surface area contributed by atoms with Gasteiger partial charge in [-0.1, -0.05) is 6.58 Å². The Labute approximate surface area is 96.3 Å². The number of carbonyl (C=O) groups excluding carboxylic acids is 2. The molecule has 0 heterocycles. The molecule has 0 aromatic heterocycles. The van der Waals surface area contributed by atoms with E-state index in [9.17, 15) is 14.7 Å². The summed E-state index contributed by atoms with van der Waals surface area (Å²) in [6.45, 7) is 6.14. The maximum atomic E-state index is 10.8. The fraction of sp³-hybridized carbons (Fsp3) is 0.636. The van der Waals surface area contributed by atoms with Gasteiger partial charge in [0, 0.05) is 13.0 Å². The molecule has 0 fully saturated rings. The zero-order valence-electron chi connectivity index (χ0n) is 10.2. The van der Waals surface area contributed by atoms with Crippen LogP contribution in [0.5, 0.6) is 0 Å². The number of nitrogens with zero attached hydrogens (tertiary/aromatic N) is 1. The summed E-state index contributed by atoms with van der Waals surface area (Å²) in [6.07, 6.45) is 1.92. The van der Waals surface area contributed by atoms with E-state index in [1.807, 2.05) is 14.1 Å². The average Bonchev–Trinajstić information content (AvgIpc) is 2.22. The Morgan fingerprint density at radius 3 is 2.50 bits per heavy atom. The van der Waals surface area contributed by atoms with Crippen molar-refractivity contribution in [1.82, 2.24) is 5.32 Å². The lowest BCUT2D eigenvalue weighted by atomic mass is 10.2. The molecule has 0 aliphatic rings. The normalized spacial score (nSPS) is 12.9. The Bertz CT molecular complexity index is 274. The summed E-state index contributed by atoms with van der Waals surface area (Å²) in [5.41, 5.74) is 0. The van der Waals surface area contributed by atoms with Crippen LogP contribution in [0.4, 0.5) is 0 Å². The van der Waals surface area contributed by atoms with E-state index in [0.717, 1.165) is 0 Å². The third-order valence-electron chi connectivity index (χ3n) is 2.79. The number of hydrogen-bond donors (Lipinski definition) is 1. The predicted molar refractivity (Wildman–Crippen MR) is 59.3 cm³/mol. The van der Waals surface area contributed by atoms with Gasteiger partial charge in [0.15, 0.2) is 0 Å². The fourth-order valence-electron chi connectivity index (χ4n) is 1.25. The molecule has 0 radical (unpaired) electrons. The van der Waals surface area contributed by atoms with Gasteiger partial charge >= 0.3 is 0 Å². The van der Waals surface area contributed by atoms with Gasteiger partial charge < -0.3 is 19.7 Å². The van der Waals surface area contributed by atoms with Crippen molar-refractivity contribution >= 4 is 11.9 Å². The molecule has 0 rings (SSSR count). The third-order valence-corrected chi connectivity index (χ3v) is 2.79. The van der Waals surface area contributed by atoms with Crippen LogP contribution in [0, 0.1) is 0 Å². The number of carbonyl (C=O) groups is 2. The highest BCUT2D eigenvalue weighted by Gasteiger charge is 2.24. The molecular formula is C11H20N2O3. The van der Waals surface area contributed by atoms with E-state index in [-0.39, 0.29) is 5.91 Å². The minimum absolute atomic E-state index is 0.210. The minimum Gasteiger partial charge on any atom is -0.544 e. The lowest BCUT2D eigenvalue weighted by molar-refractivity contribution is -0.906. The van der Waals surface area contributed by atoms with Crippen molar-refractivity contribution in [1.29, 1.82) is 0 Å². The molecule has 1 amide bonds. The number of carboxylic acid groups (broad SMARTS) is 1. The standard InChI is InChI=1S/C11H20N2O3/c1-5-10(14)12-7-6-8-13(3,4)9(2)11(15)16/h5,9H,1,6-8H2,2-4H3,(H-,12,14,15,16). The molecule has 0 aromatic rings.